The van der Waals surface area contributed by atoms with Gasteiger partial charge in [-0.25, -0.2) is 4.39 Å². The van der Waals surface area contributed by atoms with Crippen LogP contribution in [0.15, 0.2) is 18.2 Å². The number of halogens is 2. The molecule has 0 fully saturated rings. The van der Waals surface area contributed by atoms with Crippen LogP contribution in [-0.4, -0.2) is 24.1 Å². The van der Waals surface area contributed by atoms with Crippen molar-refractivity contribution in [2.24, 2.45) is 0 Å². The van der Waals surface area contributed by atoms with Gasteiger partial charge in [0.2, 0.25) is 0 Å². The van der Waals surface area contributed by atoms with Gasteiger partial charge in [-0.15, -0.1) is 11.6 Å². The van der Waals surface area contributed by atoms with Crippen LogP contribution < -0.4 is 4.90 Å². The standard InChI is InChI=1S/C14H15ClFNO2/c15-7-3-1-2-4-8-17-12-9-10(16)5-6-11(12)13(18)14(17)19/h5-6,9H,1-4,7-8H2. The summed E-state index contributed by atoms with van der Waals surface area (Å²) >= 11 is 5.58. The van der Waals surface area contributed by atoms with Gasteiger partial charge in [0.25, 0.3) is 11.7 Å². The van der Waals surface area contributed by atoms with Crippen LogP contribution in [0.5, 0.6) is 0 Å². The Morgan fingerprint density at radius 3 is 2.58 bits per heavy atom. The van der Waals surface area contributed by atoms with E-state index < -0.39 is 17.5 Å². The van der Waals surface area contributed by atoms with Crippen LogP contribution >= 0.6 is 11.6 Å². The average Bonchev–Trinajstić information content (AvgIpc) is 2.63. The molecule has 0 atom stereocenters. The zero-order chi connectivity index (χ0) is 13.8. The highest BCUT2D eigenvalue weighted by Crippen LogP contribution is 2.29. The number of fused-ring (bicyclic) bond motifs is 1. The lowest BCUT2D eigenvalue weighted by Gasteiger charge is -2.16. The predicted molar refractivity (Wildman–Crippen MR) is 72.3 cm³/mol. The quantitative estimate of drug-likeness (QED) is 0.457. The highest BCUT2D eigenvalue weighted by atomic mass is 35.5. The lowest BCUT2D eigenvalue weighted by Crippen LogP contribution is -2.30. The van der Waals surface area contributed by atoms with Crippen molar-refractivity contribution in [3.05, 3.63) is 29.6 Å². The summed E-state index contributed by atoms with van der Waals surface area (Å²) in [5.41, 5.74) is 0.694. The summed E-state index contributed by atoms with van der Waals surface area (Å²) in [5.74, 6) is -0.906. The Kier molecular flexibility index (Phi) is 4.53. The molecule has 0 spiro atoms. The largest absolute Gasteiger partial charge is 0.305 e. The third-order valence-corrected chi connectivity index (χ3v) is 3.47. The maximum atomic E-state index is 13.2. The van der Waals surface area contributed by atoms with Crippen LogP contribution in [-0.2, 0) is 4.79 Å². The van der Waals surface area contributed by atoms with E-state index in [4.69, 9.17) is 11.6 Å². The summed E-state index contributed by atoms with van der Waals surface area (Å²) in [5, 5.41) is 0. The molecular formula is C14H15ClFNO2. The monoisotopic (exact) mass is 283 g/mol. The molecule has 1 aromatic carbocycles. The summed E-state index contributed by atoms with van der Waals surface area (Å²) in [4.78, 5) is 24.9. The summed E-state index contributed by atoms with van der Waals surface area (Å²) in [7, 11) is 0. The van der Waals surface area contributed by atoms with E-state index in [0.29, 0.717) is 23.7 Å². The van der Waals surface area contributed by atoms with Gasteiger partial charge in [-0.2, -0.15) is 0 Å². The molecule has 0 unspecified atom stereocenters. The van der Waals surface area contributed by atoms with E-state index in [1.807, 2.05) is 0 Å². The Hall–Kier alpha value is -1.42. The number of Topliss-reactive ketones (excluding diaryl/α,β-unsaturated/α-hetero) is 1. The number of hydrogen-bond donors (Lipinski definition) is 0. The summed E-state index contributed by atoms with van der Waals surface area (Å²) in [6.45, 7) is 0.448. The number of ketones is 1. The number of alkyl halides is 1. The van der Waals surface area contributed by atoms with Crippen LogP contribution in [0.3, 0.4) is 0 Å². The van der Waals surface area contributed by atoms with Crippen molar-refractivity contribution in [1.29, 1.82) is 0 Å². The normalized spacial score (nSPS) is 14.1. The first-order chi connectivity index (χ1) is 9.15. The van der Waals surface area contributed by atoms with Crippen molar-refractivity contribution in [2.45, 2.75) is 25.7 Å². The molecule has 0 saturated heterocycles. The number of carbonyl (C=O) groups is 2. The molecule has 0 bridgehead atoms. The van der Waals surface area contributed by atoms with Gasteiger partial charge in [0.1, 0.15) is 5.82 Å². The van der Waals surface area contributed by atoms with Gasteiger partial charge >= 0.3 is 0 Å². The van der Waals surface area contributed by atoms with Crippen LogP contribution in [0.25, 0.3) is 0 Å². The van der Waals surface area contributed by atoms with Crippen molar-refractivity contribution in [3.8, 4) is 0 Å². The van der Waals surface area contributed by atoms with Crippen molar-refractivity contribution >= 4 is 29.0 Å². The number of carbonyl (C=O) groups excluding carboxylic acids is 2. The number of unbranched alkanes of at least 4 members (excludes halogenated alkanes) is 3. The van der Waals surface area contributed by atoms with Crippen LogP contribution in [0.4, 0.5) is 10.1 Å². The molecule has 1 aromatic rings. The number of nitrogens with zero attached hydrogens (tertiary/aromatic N) is 1. The summed E-state index contributed by atoms with van der Waals surface area (Å²) in [6.07, 6.45) is 3.66. The van der Waals surface area contributed by atoms with E-state index in [1.54, 1.807) is 0 Å². The molecule has 3 nitrogen and oxygen atoms in total. The Bertz CT molecular complexity index is 504. The number of benzene rings is 1. The first kappa shape index (κ1) is 14.0. The molecule has 1 amide bonds. The fraction of sp³-hybridized carbons (Fsp3) is 0.429. The van der Waals surface area contributed by atoms with Crippen molar-refractivity contribution in [1.82, 2.24) is 0 Å². The fourth-order valence-electron chi connectivity index (χ4n) is 2.21. The Morgan fingerprint density at radius 2 is 1.84 bits per heavy atom. The van der Waals surface area contributed by atoms with Crippen molar-refractivity contribution in [2.75, 3.05) is 17.3 Å². The SMILES string of the molecule is O=C1C(=O)N(CCCCCCCl)c2cc(F)ccc21. The van der Waals surface area contributed by atoms with E-state index in [1.165, 1.54) is 23.1 Å². The van der Waals surface area contributed by atoms with Crippen molar-refractivity contribution < 1.29 is 14.0 Å². The zero-order valence-electron chi connectivity index (χ0n) is 10.5. The second kappa shape index (κ2) is 6.15. The molecule has 5 heteroatoms. The van der Waals surface area contributed by atoms with Gasteiger partial charge in [-0.1, -0.05) is 12.8 Å². The second-order valence-corrected chi connectivity index (χ2v) is 4.93. The topological polar surface area (TPSA) is 37.4 Å². The van der Waals surface area contributed by atoms with Crippen LogP contribution in [0, 0.1) is 5.82 Å². The van der Waals surface area contributed by atoms with Gasteiger partial charge in [0, 0.05) is 12.4 Å². The van der Waals surface area contributed by atoms with E-state index >= 15 is 0 Å². The van der Waals surface area contributed by atoms with Gasteiger partial charge in [-0.3, -0.25) is 9.59 Å². The molecule has 102 valence electrons. The number of amides is 1. The lowest BCUT2D eigenvalue weighted by atomic mass is 10.1. The van der Waals surface area contributed by atoms with E-state index in [-0.39, 0.29) is 0 Å². The minimum absolute atomic E-state index is 0.298. The van der Waals surface area contributed by atoms with Gasteiger partial charge in [-0.05, 0) is 31.0 Å². The molecule has 1 aliphatic rings. The predicted octanol–water partition coefficient (Wildman–Crippen LogP) is 3.15. The molecule has 1 aliphatic heterocycles. The molecule has 0 aromatic heterocycles. The lowest BCUT2D eigenvalue weighted by molar-refractivity contribution is -0.114. The maximum Gasteiger partial charge on any atom is 0.299 e. The zero-order valence-corrected chi connectivity index (χ0v) is 11.3. The summed E-state index contributed by atoms with van der Waals surface area (Å²) in [6, 6.07) is 3.82. The highest BCUT2D eigenvalue weighted by molar-refractivity contribution is 6.52. The van der Waals surface area contributed by atoms with E-state index in [9.17, 15) is 14.0 Å². The molecule has 1 heterocycles. The van der Waals surface area contributed by atoms with Gasteiger partial charge < -0.3 is 4.90 Å². The minimum Gasteiger partial charge on any atom is -0.305 e. The number of rotatable bonds is 6. The third-order valence-electron chi connectivity index (χ3n) is 3.20. The van der Waals surface area contributed by atoms with Gasteiger partial charge in [0.15, 0.2) is 0 Å². The molecule has 0 saturated carbocycles. The van der Waals surface area contributed by atoms with Gasteiger partial charge in [0.05, 0.1) is 11.3 Å². The average molecular weight is 284 g/mol. The molecule has 2 rings (SSSR count). The Balaban J connectivity index is 2.04. The second-order valence-electron chi connectivity index (χ2n) is 4.55. The molecule has 0 N–H and O–H groups in total. The Morgan fingerprint density at radius 1 is 1.11 bits per heavy atom. The minimum atomic E-state index is -0.557. The fourth-order valence-corrected chi connectivity index (χ4v) is 2.40. The molecular weight excluding hydrogens is 269 g/mol. The highest BCUT2D eigenvalue weighted by Gasteiger charge is 2.35. The molecule has 19 heavy (non-hydrogen) atoms. The first-order valence-corrected chi connectivity index (χ1v) is 6.90. The van der Waals surface area contributed by atoms with E-state index in [0.717, 1.165) is 25.7 Å². The number of anilines is 1. The van der Waals surface area contributed by atoms with Crippen molar-refractivity contribution in [3.63, 3.8) is 0 Å². The maximum absolute atomic E-state index is 13.2. The van der Waals surface area contributed by atoms with Crippen LogP contribution in [0.1, 0.15) is 36.0 Å². The molecule has 0 aliphatic carbocycles. The van der Waals surface area contributed by atoms with Crippen LogP contribution in [0.2, 0.25) is 0 Å². The first-order valence-electron chi connectivity index (χ1n) is 6.37. The Labute approximate surface area is 116 Å². The van der Waals surface area contributed by atoms with E-state index in [2.05, 4.69) is 0 Å². The third kappa shape index (κ3) is 2.95. The molecule has 0 radical (unpaired) electrons. The summed E-state index contributed by atoms with van der Waals surface area (Å²) < 4.78 is 13.2. The number of hydrogen-bond acceptors (Lipinski definition) is 2. The smallest absolute Gasteiger partial charge is 0.299 e.